The normalized spacial score (nSPS) is 12.2. The molecule has 1 amide bonds. The van der Waals surface area contributed by atoms with E-state index in [0.717, 1.165) is 21.3 Å². The molecule has 0 aliphatic heterocycles. The van der Waals surface area contributed by atoms with Crippen molar-refractivity contribution in [3.05, 3.63) is 65.7 Å². The molecule has 176 valence electrons. The van der Waals surface area contributed by atoms with Crippen LogP contribution in [-0.2, 0) is 14.8 Å². The minimum atomic E-state index is -3.82. The lowest BCUT2D eigenvalue weighted by molar-refractivity contribution is -0.122. The van der Waals surface area contributed by atoms with E-state index in [2.05, 4.69) is 5.32 Å². The fraction of sp³-hybridized carbons (Fsp3) is 0.292. The number of halogens is 1. The fourth-order valence-corrected chi connectivity index (χ4v) is 4.96. The number of nitrogens with zero attached hydrogens (tertiary/aromatic N) is 1. The molecule has 7 nitrogen and oxygen atoms in total. The molecule has 0 fully saturated rings. The summed E-state index contributed by atoms with van der Waals surface area (Å²) < 4.78 is 37.4. The van der Waals surface area contributed by atoms with Crippen LogP contribution in [0.25, 0.3) is 10.8 Å². The number of fused-ring (bicyclic) bond motifs is 1. The molecular formula is C24H27ClN2O5S. The molecule has 0 spiro atoms. The van der Waals surface area contributed by atoms with Crippen LogP contribution >= 0.6 is 11.6 Å². The van der Waals surface area contributed by atoms with Gasteiger partial charge in [0.1, 0.15) is 24.1 Å². The first-order valence-electron chi connectivity index (χ1n) is 10.5. The Morgan fingerprint density at radius 2 is 1.82 bits per heavy atom. The van der Waals surface area contributed by atoms with E-state index in [0.29, 0.717) is 16.5 Å². The lowest BCUT2D eigenvalue weighted by Gasteiger charge is -2.31. The molecule has 1 atom stereocenters. The number of ether oxygens (including phenoxy) is 2. The second kappa shape index (κ2) is 10.8. The third-order valence-electron chi connectivity index (χ3n) is 5.10. The first-order chi connectivity index (χ1) is 15.7. The maximum absolute atomic E-state index is 13.0. The van der Waals surface area contributed by atoms with Crippen molar-refractivity contribution in [1.29, 1.82) is 0 Å². The zero-order valence-corrected chi connectivity index (χ0v) is 20.3. The molecule has 0 saturated heterocycles. The summed E-state index contributed by atoms with van der Waals surface area (Å²) in [6.45, 7) is 2.19. The highest BCUT2D eigenvalue weighted by atomic mass is 35.5. The van der Waals surface area contributed by atoms with E-state index < -0.39 is 22.0 Å². The van der Waals surface area contributed by atoms with Gasteiger partial charge < -0.3 is 14.8 Å². The molecule has 3 aromatic rings. The standard InChI is InChI=1S/C24H27ClN2O5S/c1-4-21(27(33(3,29)30)22-16-19(25)10-12-23(22)31-2)24(28)26-13-14-32-20-11-9-17-7-5-6-8-18(17)15-20/h5-12,15-16,21H,4,13-14H2,1-3H3,(H,26,28). The summed E-state index contributed by atoms with van der Waals surface area (Å²) >= 11 is 6.10. The molecule has 0 aliphatic rings. The van der Waals surface area contributed by atoms with E-state index in [1.54, 1.807) is 19.1 Å². The van der Waals surface area contributed by atoms with Gasteiger partial charge in [-0.2, -0.15) is 0 Å². The van der Waals surface area contributed by atoms with Gasteiger partial charge in [0.2, 0.25) is 15.9 Å². The zero-order chi connectivity index (χ0) is 24.0. The minimum Gasteiger partial charge on any atom is -0.495 e. The topological polar surface area (TPSA) is 84.9 Å². The Kier molecular flexibility index (Phi) is 8.05. The van der Waals surface area contributed by atoms with Gasteiger partial charge in [0.05, 0.1) is 25.6 Å². The van der Waals surface area contributed by atoms with Crippen LogP contribution in [0.3, 0.4) is 0 Å². The molecule has 33 heavy (non-hydrogen) atoms. The minimum absolute atomic E-state index is 0.210. The number of carbonyl (C=O) groups excluding carboxylic acids is 1. The first-order valence-corrected chi connectivity index (χ1v) is 12.7. The summed E-state index contributed by atoms with van der Waals surface area (Å²) in [5.41, 5.74) is 0.210. The Hall–Kier alpha value is -2.97. The molecule has 3 aromatic carbocycles. The number of carbonyl (C=O) groups is 1. The number of hydrogen-bond donors (Lipinski definition) is 1. The summed E-state index contributed by atoms with van der Waals surface area (Å²) in [6.07, 6.45) is 1.30. The van der Waals surface area contributed by atoms with Crippen molar-refractivity contribution in [1.82, 2.24) is 5.32 Å². The number of benzene rings is 3. The predicted octanol–water partition coefficient (Wildman–Crippen LogP) is 4.24. The van der Waals surface area contributed by atoms with Crippen molar-refractivity contribution in [3.8, 4) is 11.5 Å². The van der Waals surface area contributed by atoms with Crippen LogP contribution in [0.1, 0.15) is 13.3 Å². The molecule has 1 unspecified atom stereocenters. The molecule has 0 aliphatic carbocycles. The summed E-state index contributed by atoms with van der Waals surface area (Å²) in [5, 5.41) is 5.28. The molecule has 0 radical (unpaired) electrons. The highest BCUT2D eigenvalue weighted by Crippen LogP contribution is 2.34. The van der Waals surface area contributed by atoms with Gasteiger partial charge in [-0.1, -0.05) is 48.9 Å². The highest BCUT2D eigenvalue weighted by molar-refractivity contribution is 7.92. The van der Waals surface area contributed by atoms with E-state index in [9.17, 15) is 13.2 Å². The van der Waals surface area contributed by atoms with Crippen molar-refractivity contribution < 1.29 is 22.7 Å². The monoisotopic (exact) mass is 490 g/mol. The smallest absolute Gasteiger partial charge is 0.244 e. The number of nitrogens with one attached hydrogen (secondary N) is 1. The SMILES string of the molecule is CCC(C(=O)NCCOc1ccc2ccccc2c1)N(c1cc(Cl)ccc1OC)S(C)(=O)=O. The van der Waals surface area contributed by atoms with Crippen molar-refractivity contribution in [2.75, 3.05) is 30.8 Å². The quantitative estimate of drug-likeness (QED) is 0.430. The molecule has 9 heteroatoms. The van der Waals surface area contributed by atoms with E-state index in [1.807, 2.05) is 42.5 Å². The fourth-order valence-electron chi connectivity index (χ4n) is 3.59. The molecule has 0 bridgehead atoms. The predicted molar refractivity (Wildman–Crippen MR) is 132 cm³/mol. The van der Waals surface area contributed by atoms with Gasteiger partial charge in [-0.05, 0) is 47.5 Å². The summed E-state index contributed by atoms with van der Waals surface area (Å²) in [5.74, 6) is 0.555. The molecule has 0 heterocycles. The molecular weight excluding hydrogens is 464 g/mol. The number of rotatable bonds is 10. The largest absolute Gasteiger partial charge is 0.495 e. The van der Waals surface area contributed by atoms with Crippen LogP contribution in [0.5, 0.6) is 11.5 Å². The number of amides is 1. The summed E-state index contributed by atoms with van der Waals surface area (Å²) in [6, 6.07) is 17.4. The molecule has 1 N–H and O–H groups in total. The van der Waals surface area contributed by atoms with E-state index >= 15 is 0 Å². The number of sulfonamides is 1. The van der Waals surface area contributed by atoms with Gasteiger partial charge in [0.15, 0.2) is 0 Å². The molecule has 3 rings (SSSR count). The Labute approximate surface area is 199 Å². The Bertz CT molecular complexity index is 1230. The third-order valence-corrected chi connectivity index (χ3v) is 6.50. The summed E-state index contributed by atoms with van der Waals surface area (Å²) in [4.78, 5) is 13.0. The van der Waals surface area contributed by atoms with E-state index in [4.69, 9.17) is 21.1 Å². The molecule has 0 saturated carbocycles. The van der Waals surface area contributed by atoms with Crippen LogP contribution in [0, 0.1) is 0 Å². The average Bonchev–Trinajstić information content (AvgIpc) is 2.79. The van der Waals surface area contributed by atoms with Crippen molar-refractivity contribution in [2.24, 2.45) is 0 Å². The van der Waals surface area contributed by atoms with E-state index in [-0.39, 0.29) is 25.3 Å². The Balaban J connectivity index is 1.70. The van der Waals surface area contributed by atoms with Gasteiger partial charge >= 0.3 is 0 Å². The Morgan fingerprint density at radius 1 is 1.09 bits per heavy atom. The van der Waals surface area contributed by atoms with Gasteiger partial charge in [-0.25, -0.2) is 8.42 Å². The van der Waals surface area contributed by atoms with Crippen molar-refractivity contribution in [2.45, 2.75) is 19.4 Å². The average molecular weight is 491 g/mol. The maximum Gasteiger partial charge on any atom is 0.244 e. The van der Waals surface area contributed by atoms with Gasteiger partial charge in [0.25, 0.3) is 0 Å². The summed E-state index contributed by atoms with van der Waals surface area (Å²) in [7, 11) is -2.39. The molecule has 0 aromatic heterocycles. The first kappa shape index (κ1) is 24.7. The lowest BCUT2D eigenvalue weighted by atomic mass is 10.1. The second-order valence-electron chi connectivity index (χ2n) is 7.45. The van der Waals surface area contributed by atoms with Crippen LogP contribution in [-0.4, -0.2) is 46.9 Å². The number of anilines is 1. The third kappa shape index (κ3) is 6.09. The van der Waals surface area contributed by atoms with E-state index in [1.165, 1.54) is 13.2 Å². The Morgan fingerprint density at radius 3 is 2.48 bits per heavy atom. The number of methoxy groups -OCH3 is 1. The maximum atomic E-state index is 13.0. The second-order valence-corrected chi connectivity index (χ2v) is 9.74. The van der Waals surface area contributed by atoms with Crippen LogP contribution in [0.15, 0.2) is 60.7 Å². The van der Waals surface area contributed by atoms with Crippen LogP contribution < -0.4 is 19.1 Å². The zero-order valence-electron chi connectivity index (χ0n) is 18.7. The van der Waals surface area contributed by atoms with Gasteiger partial charge in [0, 0.05) is 5.02 Å². The van der Waals surface area contributed by atoms with Gasteiger partial charge in [-0.15, -0.1) is 0 Å². The number of hydrogen-bond acceptors (Lipinski definition) is 5. The van der Waals surface area contributed by atoms with Crippen molar-refractivity contribution in [3.63, 3.8) is 0 Å². The van der Waals surface area contributed by atoms with Gasteiger partial charge in [-0.3, -0.25) is 9.10 Å². The van der Waals surface area contributed by atoms with Crippen LogP contribution in [0.2, 0.25) is 5.02 Å². The lowest BCUT2D eigenvalue weighted by Crippen LogP contribution is -2.50. The highest BCUT2D eigenvalue weighted by Gasteiger charge is 2.33. The van der Waals surface area contributed by atoms with Crippen LogP contribution in [0.4, 0.5) is 5.69 Å². The van der Waals surface area contributed by atoms with Crippen molar-refractivity contribution >= 4 is 44.0 Å².